The number of aryl methyl sites for hydroxylation is 2. The fraction of sp³-hybridized carbons (Fsp3) is 0.333. The lowest BCUT2D eigenvalue weighted by Gasteiger charge is -2.19. The molecule has 102 valence electrons. The molecular formula is C15H17ClFNS. The minimum atomic E-state index is -0.197. The van der Waals surface area contributed by atoms with Gasteiger partial charge in [-0.25, -0.2) is 4.39 Å². The van der Waals surface area contributed by atoms with Crippen LogP contribution in [0.4, 0.5) is 4.39 Å². The van der Waals surface area contributed by atoms with Gasteiger partial charge in [0.05, 0.1) is 10.4 Å². The molecule has 0 saturated heterocycles. The predicted molar refractivity (Wildman–Crippen MR) is 80.7 cm³/mol. The number of benzene rings is 1. The summed E-state index contributed by atoms with van der Waals surface area (Å²) in [6.07, 6.45) is 0. The summed E-state index contributed by atoms with van der Waals surface area (Å²) in [4.78, 5) is 1.17. The molecule has 1 nitrogen and oxygen atoms in total. The van der Waals surface area contributed by atoms with Crippen LogP contribution >= 0.6 is 22.9 Å². The molecule has 1 aromatic heterocycles. The summed E-state index contributed by atoms with van der Waals surface area (Å²) in [6, 6.07) is 7.10. The Labute approximate surface area is 122 Å². The van der Waals surface area contributed by atoms with Gasteiger partial charge < -0.3 is 5.32 Å². The first-order valence-corrected chi connectivity index (χ1v) is 7.47. The number of hydrogen-bond donors (Lipinski definition) is 1. The molecule has 1 heterocycles. The number of halogens is 2. The number of hydrogen-bond acceptors (Lipinski definition) is 2. The molecule has 0 spiro atoms. The van der Waals surface area contributed by atoms with Gasteiger partial charge in [-0.15, -0.1) is 11.3 Å². The van der Waals surface area contributed by atoms with Crippen molar-refractivity contribution in [3.63, 3.8) is 0 Å². The fourth-order valence-corrected chi connectivity index (χ4v) is 3.47. The summed E-state index contributed by atoms with van der Waals surface area (Å²) in [6.45, 7) is 6.84. The van der Waals surface area contributed by atoms with Crippen molar-refractivity contribution in [3.05, 3.63) is 56.0 Å². The van der Waals surface area contributed by atoms with Gasteiger partial charge in [-0.1, -0.05) is 24.6 Å². The van der Waals surface area contributed by atoms with Crippen molar-refractivity contribution in [1.29, 1.82) is 0 Å². The largest absolute Gasteiger partial charge is 0.306 e. The third-order valence-electron chi connectivity index (χ3n) is 3.11. The van der Waals surface area contributed by atoms with E-state index in [1.807, 2.05) is 19.9 Å². The van der Waals surface area contributed by atoms with Gasteiger partial charge >= 0.3 is 0 Å². The number of rotatable bonds is 4. The Hall–Kier alpha value is -0.900. The summed E-state index contributed by atoms with van der Waals surface area (Å²) in [5, 5.41) is 3.45. The zero-order valence-corrected chi connectivity index (χ0v) is 12.8. The molecule has 4 heteroatoms. The standard InChI is InChI=1S/C15H17ClFNS/c1-4-18-14(13-8-10(3)15(16)19-13)12-6-5-11(17)7-9(12)2/h5-8,14,18H,4H2,1-3H3. The zero-order chi connectivity index (χ0) is 14.0. The molecule has 1 N–H and O–H groups in total. The van der Waals surface area contributed by atoms with E-state index in [0.29, 0.717) is 0 Å². The van der Waals surface area contributed by atoms with Gasteiger partial charge in [0.15, 0.2) is 0 Å². The van der Waals surface area contributed by atoms with Gasteiger partial charge in [-0.3, -0.25) is 0 Å². The van der Waals surface area contributed by atoms with E-state index in [-0.39, 0.29) is 11.9 Å². The van der Waals surface area contributed by atoms with E-state index in [1.54, 1.807) is 17.4 Å². The summed E-state index contributed by atoms with van der Waals surface area (Å²) in [7, 11) is 0. The average Bonchev–Trinajstić information content (AvgIpc) is 2.67. The molecule has 0 amide bonds. The highest BCUT2D eigenvalue weighted by Crippen LogP contribution is 2.35. The Kier molecular flexibility index (Phi) is 4.61. The van der Waals surface area contributed by atoms with Crippen LogP contribution in [-0.2, 0) is 0 Å². The van der Waals surface area contributed by atoms with Gasteiger partial charge in [0.2, 0.25) is 0 Å². The van der Waals surface area contributed by atoms with Crippen LogP contribution in [0.5, 0.6) is 0 Å². The molecule has 0 fully saturated rings. The highest BCUT2D eigenvalue weighted by molar-refractivity contribution is 7.16. The maximum atomic E-state index is 13.2. The quantitative estimate of drug-likeness (QED) is 0.850. The SMILES string of the molecule is CCNC(c1cc(C)c(Cl)s1)c1ccc(F)cc1C. The van der Waals surface area contributed by atoms with E-state index in [4.69, 9.17) is 11.6 Å². The predicted octanol–water partition coefficient (Wildman–Crippen LogP) is 4.86. The van der Waals surface area contributed by atoms with Gasteiger partial charge in [-0.05, 0) is 55.3 Å². The summed E-state index contributed by atoms with van der Waals surface area (Å²) in [5.41, 5.74) is 3.14. The van der Waals surface area contributed by atoms with Crippen LogP contribution in [0.2, 0.25) is 4.34 Å². The fourth-order valence-electron chi connectivity index (χ4n) is 2.16. The van der Waals surface area contributed by atoms with E-state index in [1.165, 1.54) is 10.9 Å². The van der Waals surface area contributed by atoms with Crippen molar-refractivity contribution >= 4 is 22.9 Å². The van der Waals surface area contributed by atoms with E-state index in [9.17, 15) is 4.39 Å². The molecule has 2 rings (SSSR count). The Morgan fingerprint density at radius 2 is 2.00 bits per heavy atom. The summed E-state index contributed by atoms with van der Waals surface area (Å²) >= 11 is 7.74. The monoisotopic (exact) mass is 297 g/mol. The van der Waals surface area contributed by atoms with Crippen LogP contribution in [0.3, 0.4) is 0 Å². The first-order valence-electron chi connectivity index (χ1n) is 6.28. The highest BCUT2D eigenvalue weighted by Gasteiger charge is 2.18. The van der Waals surface area contributed by atoms with E-state index in [2.05, 4.69) is 18.3 Å². The molecule has 0 saturated carbocycles. The summed E-state index contributed by atoms with van der Waals surface area (Å²) < 4.78 is 14.0. The number of thiophene rings is 1. The first kappa shape index (κ1) is 14.5. The molecule has 0 aliphatic heterocycles. The van der Waals surface area contributed by atoms with Gasteiger partial charge in [-0.2, -0.15) is 0 Å². The Balaban J connectivity index is 2.44. The Bertz CT molecular complexity index is 560. The maximum absolute atomic E-state index is 13.2. The molecule has 2 aromatic rings. The van der Waals surface area contributed by atoms with Crippen molar-refractivity contribution in [2.24, 2.45) is 0 Å². The van der Waals surface area contributed by atoms with Crippen LogP contribution in [-0.4, -0.2) is 6.54 Å². The van der Waals surface area contributed by atoms with E-state index >= 15 is 0 Å². The van der Waals surface area contributed by atoms with Crippen molar-refractivity contribution in [3.8, 4) is 0 Å². The van der Waals surface area contributed by atoms with Crippen molar-refractivity contribution in [2.75, 3.05) is 6.54 Å². The van der Waals surface area contributed by atoms with Gasteiger partial charge in [0.25, 0.3) is 0 Å². The Morgan fingerprint density at radius 1 is 1.26 bits per heavy atom. The van der Waals surface area contributed by atoms with Crippen molar-refractivity contribution in [1.82, 2.24) is 5.32 Å². The van der Waals surface area contributed by atoms with Crippen molar-refractivity contribution < 1.29 is 4.39 Å². The topological polar surface area (TPSA) is 12.0 Å². The van der Waals surface area contributed by atoms with E-state index in [0.717, 1.165) is 27.6 Å². The zero-order valence-electron chi connectivity index (χ0n) is 11.3. The second kappa shape index (κ2) is 6.04. The van der Waals surface area contributed by atoms with Crippen LogP contribution in [0.1, 0.15) is 34.5 Å². The molecule has 1 unspecified atom stereocenters. The lowest BCUT2D eigenvalue weighted by molar-refractivity contribution is 0.613. The third-order valence-corrected chi connectivity index (χ3v) is 4.73. The minimum Gasteiger partial charge on any atom is -0.306 e. The molecular weight excluding hydrogens is 281 g/mol. The lowest BCUT2D eigenvalue weighted by atomic mass is 9.99. The van der Waals surface area contributed by atoms with Gasteiger partial charge in [0.1, 0.15) is 5.82 Å². The summed E-state index contributed by atoms with van der Waals surface area (Å²) in [5.74, 6) is -0.197. The van der Waals surface area contributed by atoms with E-state index < -0.39 is 0 Å². The van der Waals surface area contributed by atoms with Crippen LogP contribution < -0.4 is 5.32 Å². The average molecular weight is 298 g/mol. The van der Waals surface area contributed by atoms with Crippen molar-refractivity contribution in [2.45, 2.75) is 26.8 Å². The van der Waals surface area contributed by atoms with Crippen LogP contribution in [0.25, 0.3) is 0 Å². The number of nitrogens with one attached hydrogen (secondary N) is 1. The molecule has 0 radical (unpaired) electrons. The third kappa shape index (κ3) is 3.16. The van der Waals surface area contributed by atoms with Crippen LogP contribution in [0.15, 0.2) is 24.3 Å². The second-order valence-electron chi connectivity index (χ2n) is 4.60. The lowest BCUT2D eigenvalue weighted by Crippen LogP contribution is -2.22. The second-order valence-corrected chi connectivity index (χ2v) is 6.28. The Morgan fingerprint density at radius 3 is 2.53 bits per heavy atom. The molecule has 19 heavy (non-hydrogen) atoms. The molecule has 1 atom stereocenters. The smallest absolute Gasteiger partial charge is 0.123 e. The molecule has 0 aliphatic rings. The van der Waals surface area contributed by atoms with Crippen LogP contribution in [0, 0.1) is 19.7 Å². The molecule has 0 bridgehead atoms. The first-order chi connectivity index (χ1) is 9.02. The van der Waals surface area contributed by atoms with Gasteiger partial charge in [0, 0.05) is 4.88 Å². The molecule has 1 aromatic carbocycles. The minimum absolute atomic E-state index is 0.0711. The maximum Gasteiger partial charge on any atom is 0.123 e. The molecule has 0 aliphatic carbocycles. The normalized spacial score (nSPS) is 12.7. The highest BCUT2D eigenvalue weighted by atomic mass is 35.5.